The summed E-state index contributed by atoms with van der Waals surface area (Å²) in [7, 11) is 1.97. The fourth-order valence-corrected chi connectivity index (χ4v) is 5.39. The smallest absolute Gasteiger partial charge is 0.144 e. The molecule has 5 heteroatoms. The van der Waals surface area contributed by atoms with E-state index < -0.39 is 0 Å². The highest BCUT2D eigenvalue weighted by Crippen LogP contribution is 2.38. The summed E-state index contributed by atoms with van der Waals surface area (Å²) < 4.78 is 2.01. The third kappa shape index (κ3) is 4.53. The van der Waals surface area contributed by atoms with Crippen molar-refractivity contribution in [1.82, 2.24) is 19.5 Å². The summed E-state index contributed by atoms with van der Waals surface area (Å²) in [6.45, 7) is 0. The highest BCUT2D eigenvalue weighted by molar-refractivity contribution is 5.96. The van der Waals surface area contributed by atoms with Crippen molar-refractivity contribution in [3.8, 4) is 61.8 Å². The third-order valence-corrected chi connectivity index (χ3v) is 7.47. The van der Waals surface area contributed by atoms with Crippen molar-refractivity contribution in [3.63, 3.8) is 0 Å². The van der Waals surface area contributed by atoms with Gasteiger partial charge in [-0.2, -0.15) is 0 Å². The van der Waals surface area contributed by atoms with Crippen molar-refractivity contribution in [1.29, 1.82) is 0 Å². The van der Waals surface area contributed by atoms with Crippen LogP contribution in [0.3, 0.4) is 0 Å². The van der Waals surface area contributed by atoms with Gasteiger partial charge >= 0.3 is 0 Å². The van der Waals surface area contributed by atoms with Crippen molar-refractivity contribution < 1.29 is 5.11 Å². The molecule has 0 unspecified atom stereocenters. The lowest BCUT2D eigenvalue weighted by molar-refractivity contribution is 0.474. The van der Waals surface area contributed by atoms with Crippen molar-refractivity contribution in [3.05, 3.63) is 134 Å². The number of fused-ring (bicyclic) bond motifs is 1. The Morgan fingerprint density at radius 1 is 0.585 bits per heavy atom. The van der Waals surface area contributed by atoms with Gasteiger partial charge in [0, 0.05) is 30.6 Å². The molecule has 0 saturated carbocycles. The van der Waals surface area contributed by atoms with E-state index in [1.165, 1.54) is 6.20 Å². The Bertz CT molecular complexity index is 2010. The molecule has 0 radical (unpaired) electrons. The number of benzene rings is 4. The SMILES string of the molecule is Cn1c(-c2ccncc2O)nc2c(-c3cc(-c4ccccc4)cc(-c4cc(-c5ccccc5)ccn4)c3)cccc21. The molecule has 3 heterocycles. The van der Waals surface area contributed by atoms with Gasteiger partial charge < -0.3 is 9.67 Å². The van der Waals surface area contributed by atoms with E-state index in [0.717, 1.165) is 55.7 Å². The fraction of sp³-hybridized carbons (Fsp3) is 0.0278. The van der Waals surface area contributed by atoms with Crippen LogP contribution in [-0.4, -0.2) is 24.6 Å². The van der Waals surface area contributed by atoms with E-state index in [1.807, 2.05) is 36.0 Å². The number of pyridine rings is 2. The van der Waals surface area contributed by atoms with Crippen LogP contribution in [0.5, 0.6) is 5.75 Å². The molecule has 41 heavy (non-hydrogen) atoms. The number of hydrogen-bond acceptors (Lipinski definition) is 4. The summed E-state index contributed by atoms with van der Waals surface area (Å²) in [5.74, 6) is 0.786. The maximum absolute atomic E-state index is 10.5. The Morgan fingerprint density at radius 2 is 1.29 bits per heavy atom. The van der Waals surface area contributed by atoms with Gasteiger partial charge in [-0.25, -0.2) is 4.98 Å². The molecule has 0 aliphatic rings. The van der Waals surface area contributed by atoms with Crippen molar-refractivity contribution in [2.45, 2.75) is 0 Å². The van der Waals surface area contributed by atoms with Crippen LogP contribution in [0.4, 0.5) is 0 Å². The molecule has 1 N–H and O–H groups in total. The summed E-state index contributed by atoms with van der Waals surface area (Å²) in [5, 5.41) is 10.5. The molecule has 0 aliphatic carbocycles. The molecule has 3 aromatic heterocycles. The van der Waals surface area contributed by atoms with Crippen LogP contribution < -0.4 is 0 Å². The van der Waals surface area contributed by atoms with Crippen LogP contribution in [0.2, 0.25) is 0 Å². The van der Waals surface area contributed by atoms with Crippen LogP contribution in [0.15, 0.2) is 134 Å². The zero-order chi connectivity index (χ0) is 27.8. The monoisotopic (exact) mass is 530 g/mol. The number of nitrogens with zero attached hydrogens (tertiary/aromatic N) is 4. The maximum atomic E-state index is 10.5. The number of aromatic nitrogens is 4. The second-order valence-corrected chi connectivity index (χ2v) is 10.0. The van der Waals surface area contributed by atoms with E-state index in [4.69, 9.17) is 9.97 Å². The lowest BCUT2D eigenvalue weighted by atomic mass is 9.93. The zero-order valence-corrected chi connectivity index (χ0v) is 22.4. The molecule has 0 atom stereocenters. The molecule has 0 aliphatic heterocycles. The molecular weight excluding hydrogens is 504 g/mol. The number of aryl methyl sites for hydroxylation is 1. The van der Waals surface area contributed by atoms with Gasteiger partial charge in [0.25, 0.3) is 0 Å². The molecule has 0 saturated heterocycles. The van der Waals surface area contributed by atoms with Crippen molar-refractivity contribution >= 4 is 11.0 Å². The number of aromatic hydroxyl groups is 1. The average Bonchev–Trinajstić information content (AvgIpc) is 3.38. The van der Waals surface area contributed by atoms with Crippen molar-refractivity contribution in [2.75, 3.05) is 0 Å². The van der Waals surface area contributed by atoms with Crippen LogP contribution in [0.1, 0.15) is 0 Å². The molecule has 0 spiro atoms. The van der Waals surface area contributed by atoms with E-state index in [1.54, 1.807) is 12.3 Å². The van der Waals surface area contributed by atoms with Gasteiger partial charge in [-0.3, -0.25) is 9.97 Å². The van der Waals surface area contributed by atoms with Crippen LogP contribution in [-0.2, 0) is 7.05 Å². The second kappa shape index (κ2) is 10.2. The number of hydrogen-bond donors (Lipinski definition) is 1. The summed E-state index contributed by atoms with van der Waals surface area (Å²) in [5.41, 5.74) is 11.0. The third-order valence-electron chi connectivity index (χ3n) is 7.47. The quantitative estimate of drug-likeness (QED) is 0.243. The molecule has 196 valence electrons. The predicted molar refractivity (Wildman–Crippen MR) is 165 cm³/mol. The number of imidazole rings is 1. The van der Waals surface area contributed by atoms with Gasteiger partial charge in [-0.15, -0.1) is 0 Å². The molecule has 0 fully saturated rings. The van der Waals surface area contributed by atoms with Gasteiger partial charge in [0.1, 0.15) is 11.6 Å². The number of para-hydroxylation sites is 1. The highest BCUT2D eigenvalue weighted by Gasteiger charge is 2.17. The first-order chi connectivity index (χ1) is 20.2. The molecule has 0 bridgehead atoms. The summed E-state index contributed by atoms with van der Waals surface area (Å²) >= 11 is 0. The minimum Gasteiger partial charge on any atom is -0.506 e. The topological polar surface area (TPSA) is 63.8 Å². The van der Waals surface area contributed by atoms with Crippen LogP contribution in [0, 0.1) is 0 Å². The lowest BCUT2D eigenvalue weighted by Gasteiger charge is -2.12. The average molecular weight is 531 g/mol. The van der Waals surface area contributed by atoms with E-state index in [9.17, 15) is 5.11 Å². The number of rotatable bonds is 5. The first-order valence-corrected chi connectivity index (χ1v) is 13.5. The Kier molecular flexibility index (Phi) is 6.10. The van der Waals surface area contributed by atoms with Gasteiger partial charge in [0.15, 0.2) is 0 Å². The van der Waals surface area contributed by atoms with E-state index >= 15 is 0 Å². The summed E-state index contributed by atoms with van der Waals surface area (Å²) in [4.78, 5) is 13.8. The van der Waals surface area contributed by atoms with E-state index in [2.05, 4.69) is 96.0 Å². The maximum Gasteiger partial charge on any atom is 0.144 e. The lowest BCUT2D eigenvalue weighted by Crippen LogP contribution is -1.93. The normalized spacial score (nSPS) is 11.1. The highest BCUT2D eigenvalue weighted by atomic mass is 16.3. The molecule has 5 nitrogen and oxygen atoms in total. The minimum absolute atomic E-state index is 0.102. The Hall–Kier alpha value is -5.55. The second-order valence-electron chi connectivity index (χ2n) is 10.0. The van der Waals surface area contributed by atoms with E-state index in [-0.39, 0.29) is 5.75 Å². The molecule has 4 aromatic carbocycles. The molecule has 7 aromatic rings. The van der Waals surface area contributed by atoms with Gasteiger partial charge in [0.05, 0.1) is 28.5 Å². The van der Waals surface area contributed by atoms with Gasteiger partial charge in [0.2, 0.25) is 0 Å². The molecule has 7 rings (SSSR count). The van der Waals surface area contributed by atoms with Crippen LogP contribution in [0.25, 0.3) is 67.1 Å². The standard InChI is InChI=1S/C36H26N4O/c1-40-33-14-8-13-30(35(33)39-36(40)31-16-17-37-23-34(31)41)28-19-27(25-11-6-3-7-12-25)20-29(21-28)32-22-26(15-18-38-32)24-9-4-2-5-10-24/h2-23,41H,1H3. The Labute approximate surface area is 238 Å². The van der Waals surface area contributed by atoms with Gasteiger partial charge in [-0.05, 0) is 70.3 Å². The summed E-state index contributed by atoms with van der Waals surface area (Å²) in [6.07, 6.45) is 4.99. The van der Waals surface area contributed by atoms with Crippen molar-refractivity contribution in [2.24, 2.45) is 7.05 Å². The predicted octanol–water partition coefficient (Wildman–Crippen LogP) is 8.40. The summed E-state index contributed by atoms with van der Waals surface area (Å²) in [6, 6.07) is 39.6. The van der Waals surface area contributed by atoms with Crippen LogP contribution >= 0.6 is 0 Å². The van der Waals surface area contributed by atoms with E-state index in [0.29, 0.717) is 11.4 Å². The largest absolute Gasteiger partial charge is 0.506 e. The first kappa shape index (κ1) is 24.5. The zero-order valence-electron chi connectivity index (χ0n) is 22.4. The Morgan fingerprint density at radius 3 is 2.05 bits per heavy atom. The Balaban J connectivity index is 1.43. The fourth-order valence-electron chi connectivity index (χ4n) is 5.39. The minimum atomic E-state index is 0.102. The van der Waals surface area contributed by atoms with Gasteiger partial charge in [-0.1, -0.05) is 72.8 Å². The molecule has 0 amide bonds. The molecular formula is C36H26N4O. The first-order valence-electron chi connectivity index (χ1n) is 13.5.